The highest BCUT2D eigenvalue weighted by molar-refractivity contribution is 6.62. The lowest BCUT2D eigenvalue weighted by molar-refractivity contribution is 0.00578. The maximum Gasteiger partial charge on any atom is 0.497 e. The van der Waals surface area contributed by atoms with E-state index in [1.165, 1.54) is 17.0 Å². The van der Waals surface area contributed by atoms with Crippen molar-refractivity contribution < 1.29 is 32.4 Å². The van der Waals surface area contributed by atoms with Crippen molar-refractivity contribution in [1.82, 2.24) is 9.80 Å². The molecule has 2 aliphatic rings. The van der Waals surface area contributed by atoms with Crippen LogP contribution in [0.5, 0.6) is 0 Å². The van der Waals surface area contributed by atoms with Gasteiger partial charge >= 0.3 is 13.2 Å². The van der Waals surface area contributed by atoms with Gasteiger partial charge in [-0.05, 0) is 67.4 Å². The molecule has 2 saturated heterocycles. The predicted molar refractivity (Wildman–Crippen MR) is 125 cm³/mol. The summed E-state index contributed by atoms with van der Waals surface area (Å²) in [7, 11) is 0.494. The second-order valence-corrected chi connectivity index (χ2v) is 11.0. The number of likely N-dealkylation sites (tertiary alicyclic amines) is 1. The van der Waals surface area contributed by atoms with Gasteiger partial charge in [0.2, 0.25) is 0 Å². The lowest BCUT2D eigenvalue weighted by atomic mass is 9.78. The Kier molecular flexibility index (Phi) is 7.08. The fourth-order valence-electron chi connectivity index (χ4n) is 4.00. The van der Waals surface area contributed by atoms with Gasteiger partial charge in [0.1, 0.15) is 5.60 Å². The van der Waals surface area contributed by atoms with E-state index in [2.05, 4.69) is 0 Å². The van der Waals surface area contributed by atoms with Crippen LogP contribution < -0.4 is 5.46 Å². The first kappa shape index (κ1) is 26.4. The van der Waals surface area contributed by atoms with Crippen LogP contribution in [0.1, 0.15) is 71.7 Å². The van der Waals surface area contributed by atoms with E-state index in [0.717, 1.165) is 0 Å². The van der Waals surface area contributed by atoms with Crippen molar-refractivity contribution in [2.45, 2.75) is 84.2 Å². The number of rotatable bonds is 3. The SMILES string of the molecule is CN(C(=O)c1ccc(B2OC(C)(C)C(C)(C)O2)c(F)c1F)C1CCN(C(=O)OC(C)(C)C)CC1. The van der Waals surface area contributed by atoms with Crippen LogP contribution in [0.3, 0.4) is 0 Å². The molecule has 1 aromatic rings. The van der Waals surface area contributed by atoms with E-state index in [4.69, 9.17) is 14.0 Å². The lowest BCUT2D eigenvalue weighted by Crippen LogP contribution is -2.48. The molecular weight excluding hydrogens is 445 g/mol. The molecule has 0 aromatic heterocycles. The van der Waals surface area contributed by atoms with Crippen LogP contribution in [0.4, 0.5) is 13.6 Å². The van der Waals surface area contributed by atoms with Gasteiger partial charge in [-0.2, -0.15) is 0 Å². The fourth-order valence-corrected chi connectivity index (χ4v) is 4.00. The van der Waals surface area contributed by atoms with Crippen molar-refractivity contribution in [3.05, 3.63) is 29.3 Å². The van der Waals surface area contributed by atoms with Gasteiger partial charge in [-0.3, -0.25) is 4.79 Å². The first-order valence-corrected chi connectivity index (χ1v) is 11.6. The van der Waals surface area contributed by atoms with E-state index in [0.29, 0.717) is 25.9 Å². The van der Waals surface area contributed by atoms with E-state index >= 15 is 4.39 Å². The number of piperidine rings is 1. The van der Waals surface area contributed by atoms with E-state index in [1.54, 1.807) is 32.7 Å². The van der Waals surface area contributed by atoms with Crippen molar-refractivity contribution >= 4 is 24.6 Å². The third-order valence-corrected chi connectivity index (χ3v) is 6.83. The minimum atomic E-state index is -1.23. The van der Waals surface area contributed by atoms with Crippen LogP contribution >= 0.6 is 0 Å². The van der Waals surface area contributed by atoms with Gasteiger partial charge in [-0.25, -0.2) is 13.6 Å². The van der Waals surface area contributed by atoms with Crippen LogP contribution in [0.2, 0.25) is 0 Å². The quantitative estimate of drug-likeness (QED) is 0.617. The van der Waals surface area contributed by atoms with Crippen molar-refractivity contribution in [2.75, 3.05) is 20.1 Å². The van der Waals surface area contributed by atoms with E-state index in [9.17, 15) is 14.0 Å². The highest BCUT2D eigenvalue weighted by Gasteiger charge is 2.52. The zero-order valence-electron chi connectivity index (χ0n) is 21.3. The predicted octanol–water partition coefficient (Wildman–Crippen LogP) is 3.74. The summed E-state index contributed by atoms with van der Waals surface area (Å²) in [5.41, 5.74) is -2.43. The molecule has 2 heterocycles. The normalized spacial score (nSPS) is 20.4. The average molecular weight is 480 g/mol. The Morgan fingerprint density at radius 3 is 2.09 bits per heavy atom. The molecule has 7 nitrogen and oxygen atoms in total. The van der Waals surface area contributed by atoms with Gasteiger partial charge in [0, 0.05) is 31.6 Å². The Labute approximate surface area is 200 Å². The Hall–Kier alpha value is -2.20. The summed E-state index contributed by atoms with van der Waals surface area (Å²) in [4.78, 5) is 28.3. The minimum Gasteiger partial charge on any atom is -0.444 e. The monoisotopic (exact) mass is 480 g/mol. The molecule has 1 aromatic carbocycles. The molecule has 0 radical (unpaired) electrons. The molecule has 188 valence electrons. The Balaban J connectivity index is 1.68. The highest BCUT2D eigenvalue weighted by atomic mass is 19.2. The van der Waals surface area contributed by atoms with E-state index in [-0.39, 0.29) is 17.1 Å². The van der Waals surface area contributed by atoms with Gasteiger partial charge in [0.05, 0.1) is 16.8 Å². The molecule has 0 unspecified atom stereocenters. The number of benzene rings is 1. The average Bonchev–Trinajstić information content (AvgIpc) is 2.94. The number of ether oxygens (including phenoxy) is 1. The Bertz CT molecular complexity index is 939. The number of amides is 2. The molecule has 2 amide bonds. The van der Waals surface area contributed by atoms with E-state index < -0.39 is 47.6 Å². The molecule has 10 heteroatoms. The largest absolute Gasteiger partial charge is 0.497 e. The van der Waals surface area contributed by atoms with Gasteiger partial charge < -0.3 is 23.8 Å². The van der Waals surface area contributed by atoms with Crippen LogP contribution in [-0.4, -0.2) is 71.9 Å². The standard InChI is InChI=1S/C24H35BF2N2O5/c1-22(2,3)32-21(31)29-13-11-15(12-14-29)28(8)20(30)16-9-10-17(19(27)18(16)26)25-33-23(4,5)24(6,7)34-25/h9-10,15H,11-14H2,1-8H3. The molecule has 34 heavy (non-hydrogen) atoms. The minimum absolute atomic E-state index is 0.0824. The summed E-state index contributed by atoms with van der Waals surface area (Å²) >= 11 is 0. The summed E-state index contributed by atoms with van der Waals surface area (Å²) in [6, 6.07) is 2.40. The third kappa shape index (κ3) is 5.22. The summed E-state index contributed by atoms with van der Waals surface area (Å²) in [5.74, 6) is -3.00. The second kappa shape index (κ2) is 9.11. The zero-order valence-corrected chi connectivity index (χ0v) is 21.3. The lowest BCUT2D eigenvalue weighted by Gasteiger charge is -2.37. The molecule has 3 rings (SSSR count). The maximum atomic E-state index is 15.0. The van der Waals surface area contributed by atoms with Crippen LogP contribution in [0.25, 0.3) is 0 Å². The smallest absolute Gasteiger partial charge is 0.444 e. The Morgan fingerprint density at radius 1 is 1.06 bits per heavy atom. The number of hydrogen-bond acceptors (Lipinski definition) is 5. The summed E-state index contributed by atoms with van der Waals surface area (Å²) in [6.07, 6.45) is 0.626. The number of hydrogen-bond donors (Lipinski definition) is 0. The molecule has 0 atom stereocenters. The highest BCUT2D eigenvalue weighted by Crippen LogP contribution is 2.37. The van der Waals surface area contributed by atoms with E-state index in [1.807, 2.05) is 27.7 Å². The molecule has 0 spiro atoms. The number of carbonyl (C=O) groups is 2. The zero-order chi connectivity index (χ0) is 25.6. The maximum absolute atomic E-state index is 15.0. The van der Waals surface area contributed by atoms with Crippen molar-refractivity contribution in [3.8, 4) is 0 Å². The molecule has 2 aliphatic heterocycles. The second-order valence-electron chi connectivity index (χ2n) is 11.0. The van der Waals surface area contributed by atoms with Crippen molar-refractivity contribution in [2.24, 2.45) is 0 Å². The van der Waals surface area contributed by atoms with Gasteiger partial charge in [0.25, 0.3) is 5.91 Å². The van der Waals surface area contributed by atoms with Crippen molar-refractivity contribution in [3.63, 3.8) is 0 Å². The van der Waals surface area contributed by atoms with Gasteiger partial charge in [-0.1, -0.05) is 6.07 Å². The first-order chi connectivity index (χ1) is 15.5. The topological polar surface area (TPSA) is 68.3 Å². The van der Waals surface area contributed by atoms with Gasteiger partial charge in [0.15, 0.2) is 11.6 Å². The van der Waals surface area contributed by atoms with Crippen LogP contribution in [0.15, 0.2) is 12.1 Å². The van der Waals surface area contributed by atoms with Crippen molar-refractivity contribution in [1.29, 1.82) is 0 Å². The summed E-state index contributed by atoms with van der Waals surface area (Å²) in [5, 5.41) is 0. The molecule has 0 saturated carbocycles. The molecule has 0 N–H and O–H groups in total. The number of nitrogens with zero attached hydrogens (tertiary/aromatic N) is 2. The first-order valence-electron chi connectivity index (χ1n) is 11.6. The number of carbonyl (C=O) groups excluding carboxylic acids is 2. The molecular formula is C24H35BF2N2O5. The summed E-state index contributed by atoms with van der Waals surface area (Å²) in [6.45, 7) is 13.5. The van der Waals surface area contributed by atoms with Crippen LogP contribution in [0, 0.1) is 11.6 Å². The number of halogens is 2. The molecule has 0 aliphatic carbocycles. The van der Waals surface area contributed by atoms with Gasteiger partial charge in [-0.15, -0.1) is 0 Å². The fraction of sp³-hybridized carbons (Fsp3) is 0.667. The Morgan fingerprint density at radius 2 is 1.59 bits per heavy atom. The molecule has 0 bridgehead atoms. The van der Waals surface area contributed by atoms with Crippen LogP contribution in [-0.2, 0) is 14.0 Å². The summed E-state index contributed by atoms with van der Waals surface area (Å²) < 4.78 is 47.0. The third-order valence-electron chi connectivity index (χ3n) is 6.83. The molecule has 2 fully saturated rings.